The summed E-state index contributed by atoms with van der Waals surface area (Å²) in [5, 5.41) is 4.12. The zero-order valence-corrected chi connectivity index (χ0v) is 12.7. The Labute approximate surface area is 124 Å². The number of nitrogens with one attached hydrogen (secondary N) is 1. The molecule has 0 amide bonds. The average Bonchev–Trinajstić information content (AvgIpc) is 2.45. The molecule has 4 heteroatoms. The highest BCUT2D eigenvalue weighted by Gasteiger charge is 2.06. The van der Waals surface area contributed by atoms with Gasteiger partial charge in [-0.1, -0.05) is 37.6 Å². The molecular formula is C16H19ClN2O. The molecule has 2 rings (SSSR count). The molecule has 0 atom stereocenters. The molecule has 0 aliphatic rings. The van der Waals surface area contributed by atoms with E-state index in [1.54, 1.807) is 13.3 Å². The maximum absolute atomic E-state index is 6.39. The number of methoxy groups -OCH3 is 1. The number of hydrogen-bond acceptors (Lipinski definition) is 3. The van der Waals surface area contributed by atoms with Crippen LogP contribution in [0, 0.1) is 0 Å². The highest BCUT2D eigenvalue weighted by Crippen LogP contribution is 2.30. The van der Waals surface area contributed by atoms with E-state index < -0.39 is 0 Å². The molecule has 0 spiro atoms. The van der Waals surface area contributed by atoms with Crippen molar-refractivity contribution in [3.05, 3.63) is 47.1 Å². The van der Waals surface area contributed by atoms with Gasteiger partial charge in [-0.25, -0.2) is 4.98 Å². The lowest BCUT2D eigenvalue weighted by Crippen LogP contribution is -2.21. The Morgan fingerprint density at radius 1 is 1.25 bits per heavy atom. The molecule has 0 bridgehead atoms. The monoisotopic (exact) mass is 290 g/mol. The molecule has 0 aliphatic heterocycles. The number of nitrogens with zero attached hydrogens (tertiary/aromatic N) is 1. The van der Waals surface area contributed by atoms with Crippen molar-refractivity contribution >= 4 is 11.6 Å². The van der Waals surface area contributed by atoms with Gasteiger partial charge in [0.05, 0.1) is 7.11 Å². The lowest BCUT2D eigenvalue weighted by Gasteiger charge is -2.11. The quantitative estimate of drug-likeness (QED) is 0.906. The predicted octanol–water partition coefficient (Wildman–Crippen LogP) is 3.91. The first-order valence-corrected chi connectivity index (χ1v) is 7.00. The Hall–Kier alpha value is -1.58. The third-order valence-electron chi connectivity index (χ3n) is 3.00. The summed E-state index contributed by atoms with van der Waals surface area (Å²) in [5.41, 5.74) is 3.17. The molecule has 106 valence electrons. The smallest absolute Gasteiger partial charge is 0.213 e. The molecule has 0 radical (unpaired) electrons. The van der Waals surface area contributed by atoms with E-state index in [-0.39, 0.29) is 0 Å². The normalized spacial score (nSPS) is 10.8. The topological polar surface area (TPSA) is 34.1 Å². The summed E-state index contributed by atoms with van der Waals surface area (Å²) in [4.78, 5) is 4.10. The van der Waals surface area contributed by atoms with Crippen molar-refractivity contribution in [2.45, 2.75) is 26.4 Å². The second kappa shape index (κ2) is 6.73. The lowest BCUT2D eigenvalue weighted by atomic mass is 10.0. The molecule has 0 saturated carbocycles. The van der Waals surface area contributed by atoms with Crippen LogP contribution >= 0.6 is 11.6 Å². The fourth-order valence-corrected chi connectivity index (χ4v) is 2.23. The Balaban J connectivity index is 2.24. The van der Waals surface area contributed by atoms with E-state index in [2.05, 4.69) is 30.2 Å². The number of aromatic nitrogens is 1. The first-order chi connectivity index (χ1) is 9.60. The predicted molar refractivity (Wildman–Crippen MR) is 83.2 cm³/mol. The van der Waals surface area contributed by atoms with Crippen LogP contribution in [0.2, 0.25) is 5.02 Å². The van der Waals surface area contributed by atoms with Crippen molar-refractivity contribution in [1.82, 2.24) is 10.3 Å². The fourth-order valence-electron chi connectivity index (χ4n) is 1.91. The van der Waals surface area contributed by atoms with Gasteiger partial charge >= 0.3 is 0 Å². The van der Waals surface area contributed by atoms with Gasteiger partial charge in [0.2, 0.25) is 5.88 Å². The highest BCUT2D eigenvalue weighted by atomic mass is 35.5. The molecular weight excluding hydrogens is 272 g/mol. The molecule has 0 fully saturated rings. The van der Waals surface area contributed by atoms with Gasteiger partial charge in [-0.05, 0) is 23.3 Å². The summed E-state index contributed by atoms with van der Waals surface area (Å²) in [6.07, 6.45) is 1.72. The van der Waals surface area contributed by atoms with Crippen molar-refractivity contribution in [1.29, 1.82) is 0 Å². The van der Waals surface area contributed by atoms with Crippen molar-refractivity contribution in [2.24, 2.45) is 0 Å². The minimum atomic E-state index is 0.456. The van der Waals surface area contributed by atoms with Crippen molar-refractivity contribution in [3.8, 4) is 17.0 Å². The first kappa shape index (κ1) is 14.8. The van der Waals surface area contributed by atoms with E-state index in [9.17, 15) is 0 Å². The number of pyridine rings is 1. The molecule has 1 N–H and O–H groups in total. The molecule has 1 aromatic heterocycles. The van der Waals surface area contributed by atoms with Crippen LogP contribution in [0.25, 0.3) is 11.1 Å². The third kappa shape index (κ3) is 3.71. The zero-order chi connectivity index (χ0) is 14.5. The molecule has 1 aromatic carbocycles. The molecule has 2 aromatic rings. The van der Waals surface area contributed by atoms with E-state index in [4.69, 9.17) is 16.3 Å². The largest absolute Gasteiger partial charge is 0.481 e. The summed E-state index contributed by atoms with van der Waals surface area (Å²) < 4.78 is 5.14. The Kier molecular flexibility index (Phi) is 4.99. The van der Waals surface area contributed by atoms with Gasteiger partial charge in [-0.2, -0.15) is 0 Å². The zero-order valence-electron chi connectivity index (χ0n) is 12.0. The van der Waals surface area contributed by atoms with Crippen LogP contribution in [-0.4, -0.2) is 18.1 Å². The standard InChI is InChI=1S/C16H19ClN2O/c1-11(2)19-10-12-4-5-14(15(17)8-12)13-6-7-18-16(9-13)20-3/h4-9,11,19H,10H2,1-3H3. The van der Waals surface area contributed by atoms with E-state index in [0.29, 0.717) is 11.9 Å². The van der Waals surface area contributed by atoms with Crippen molar-refractivity contribution in [3.63, 3.8) is 0 Å². The van der Waals surface area contributed by atoms with Gasteiger partial charge in [0, 0.05) is 35.4 Å². The van der Waals surface area contributed by atoms with E-state index >= 15 is 0 Å². The van der Waals surface area contributed by atoms with Gasteiger partial charge in [0.15, 0.2) is 0 Å². The molecule has 0 unspecified atom stereocenters. The van der Waals surface area contributed by atoms with Crippen LogP contribution in [0.4, 0.5) is 0 Å². The number of ether oxygens (including phenoxy) is 1. The average molecular weight is 291 g/mol. The van der Waals surface area contributed by atoms with Gasteiger partial charge in [0.25, 0.3) is 0 Å². The van der Waals surface area contributed by atoms with E-state index in [1.807, 2.05) is 24.3 Å². The minimum Gasteiger partial charge on any atom is -0.481 e. The molecule has 0 saturated heterocycles. The third-order valence-corrected chi connectivity index (χ3v) is 3.32. The second-order valence-electron chi connectivity index (χ2n) is 4.94. The van der Waals surface area contributed by atoms with E-state index in [1.165, 1.54) is 5.56 Å². The SMILES string of the molecule is COc1cc(-c2ccc(CNC(C)C)cc2Cl)ccn1. The van der Waals surface area contributed by atoms with Gasteiger partial charge < -0.3 is 10.1 Å². The fraction of sp³-hybridized carbons (Fsp3) is 0.312. The number of hydrogen-bond donors (Lipinski definition) is 1. The lowest BCUT2D eigenvalue weighted by molar-refractivity contribution is 0.398. The van der Waals surface area contributed by atoms with Crippen LogP contribution in [0.1, 0.15) is 19.4 Å². The van der Waals surface area contributed by atoms with Crippen LogP contribution in [0.3, 0.4) is 0 Å². The van der Waals surface area contributed by atoms with Crippen molar-refractivity contribution < 1.29 is 4.74 Å². The first-order valence-electron chi connectivity index (χ1n) is 6.62. The summed E-state index contributed by atoms with van der Waals surface area (Å²) in [6.45, 7) is 5.07. The molecule has 1 heterocycles. The molecule has 20 heavy (non-hydrogen) atoms. The molecule has 3 nitrogen and oxygen atoms in total. The number of benzene rings is 1. The maximum Gasteiger partial charge on any atom is 0.213 e. The van der Waals surface area contributed by atoms with Crippen molar-refractivity contribution in [2.75, 3.05) is 7.11 Å². The minimum absolute atomic E-state index is 0.456. The highest BCUT2D eigenvalue weighted by molar-refractivity contribution is 6.33. The Morgan fingerprint density at radius 2 is 2.05 bits per heavy atom. The van der Waals surface area contributed by atoms with Crippen LogP contribution in [0.15, 0.2) is 36.5 Å². The summed E-state index contributed by atoms with van der Waals surface area (Å²) in [5.74, 6) is 0.587. The second-order valence-corrected chi connectivity index (χ2v) is 5.34. The maximum atomic E-state index is 6.39. The Bertz CT molecular complexity index is 584. The van der Waals surface area contributed by atoms with Gasteiger partial charge in [-0.3, -0.25) is 0 Å². The number of rotatable bonds is 5. The summed E-state index contributed by atoms with van der Waals surface area (Å²) >= 11 is 6.39. The summed E-state index contributed by atoms with van der Waals surface area (Å²) in [6, 6.07) is 10.4. The van der Waals surface area contributed by atoms with Crippen LogP contribution in [-0.2, 0) is 6.54 Å². The van der Waals surface area contributed by atoms with Crippen LogP contribution < -0.4 is 10.1 Å². The van der Waals surface area contributed by atoms with Gasteiger partial charge in [0.1, 0.15) is 0 Å². The number of halogens is 1. The van der Waals surface area contributed by atoms with E-state index in [0.717, 1.165) is 22.7 Å². The Morgan fingerprint density at radius 3 is 2.70 bits per heavy atom. The van der Waals surface area contributed by atoms with Gasteiger partial charge in [-0.15, -0.1) is 0 Å². The van der Waals surface area contributed by atoms with Crippen LogP contribution in [0.5, 0.6) is 5.88 Å². The summed E-state index contributed by atoms with van der Waals surface area (Å²) in [7, 11) is 1.61. The molecule has 0 aliphatic carbocycles.